The van der Waals surface area contributed by atoms with Gasteiger partial charge in [-0.1, -0.05) is 18.2 Å². The number of rotatable bonds is 5. The summed E-state index contributed by atoms with van der Waals surface area (Å²) in [6.07, 6.45) is 6.21. The number of nitrogens with zero attached hydrogens (tertiary/aromatic N) is 1. The predicted molar refractivity (Wildman–Crippen MR) is 106 cm³/mol. The van der Waals surface area contributed by atoms with Gasteiger partial charge in [-0.15, -0.1) is 24.8 Å². The van der Waals surface area contributed by atoms with Crippen LogP contribution in [0.15, 0.2) is 30.5 Å². The van der Waals surface area contributed by atoms with Crippen molar-refractivity contribution in [1.82, 2.24) is 15.2 Å². The number of para-hydroxylation sites is 1. The third-order valence-corrected chi connectivity index (χ3v) is 5.08. The van der Waals surface area contributed by atoms with E-state index in [1.165, 1.54) is 12.8 Å². The van der Waals surface area contributed by atoms with Crippen molar-refractivity contribution in [3.05, 3.63) is 36.0 Å². The predicted octanol–water partition coefficient (Wildman–Crippen LogP) is 2.23. The molecular formula is C18H26Cl2N4O. The number of H-pyrrole nitrogens is 1. The van der Waals surface area contributed by atoms with Crippen LogP contribution < -0.4 is 11.1 Å². The molecule has 1 aromatic carbocycles. The number of carbonyl (C=O) groups is 1. The quantitative estimate of drug-likeness (QED) is 0.739. The first-order valence-corrected chi connectivity index (χ1v) is 8.55. The molecule has 1 saturated carbocycles. The Morgan fingerprint density at radius 3 is 2.80 bits per heavy atom. The van der Waals surface area contributed by atoms with Crippen LogP contribution in [0.25, 0.3) is 10.9 Å². The highest BCUT2D eigenvalue weighted by atomic mass is 35.5. The minimum absolute atomic E-state index is 0. The number of benzene rings is 1. The maximum Gasteiger partial charge on any atom is 0.237 e. The Morgan fingerprint density at radius 1 is 1.28 bits per heavy atom. The molecule has 7 heteroatoms. The molecular weight excluding hydrogens is 359 g/mol. The Bertz CT molecular complexity index is 716. The molecule has 1 aromatic heterocycles. The van der Waals surface area contributed by atoms with Gasteiger partial charge in [0, 0.05) is 42.3 Å². The van der Waals surface area contributed by atoms with Gasteiger partial charge in [-0.2, -0.15) is 0 Å². The molecule has 4 rings (SSSR count). The molecule has 4 N–H and O–H groups in total. The fraction of sp³-hybridized carbons (Fsp3) is 0.500. The zero-order chi connectivity index (χ0) is 15.8. The normalized spacial score (nSPS) is 21.4. The second-order valence-electron chi connectivity index (χ2n) is 6.89. The molecule has 2 aliphatic rings. The first kappa shape index (κ1) is 20.0. The zero-order valence-electron chi connectivity index (χ0n) is 14.1. The van der Waals surface area contributed by atoms with Crippen LogP contribution in [0.5, 0.6) is 0 Å². The number of fused-ring (bicyclic) bond motifs is 1. The molecule has 0 bridgehead atoms. The van der Waals surface area contributed by atoms with Gasteiger partial charge < -0.3 is 16.0 Å². The van der Waals surface area contributed by atoms with Gasteiger partial charge in [0.25, 0.3) is 0 Å². The number of hydrogen-bond donors (Lipinski definition) is 3. The average molecular weight is 385 g/mol. The fourth-order valence-electron chi connectivity index (χ4n) is 3.61. The highest BCUT2D eigenvalue weighted by Crippen LogP contribution is 2.29. The lowest BCUT2D eigenvalue weighted by molar-refractivity contribution is -0.122. The van der Waals surface area contributed by atoms with Gasteiger partial charge in [0.05, 0.1) is 6.04 Å². The van der Waals surface area contributed by atoms with Gasteiger partial charge in [-0.25, -0.2) is 0 Å². The van der Waals surface area contributed by atoms with Crippen LogP contribution in [0.1, 0.15) is 24.8 Å². The van der Waals surface area contributed by atoms with Crippen molar-refractivity contribution in [3.8, 4) is 0 Å². The van der Waals surface area contributed by atoms with Crippen molar-refractivity contribution in [2.45, 2.75) is 43.8 Å². The van der Waals surface area contributed by atoms with E-state index in [2.05, 4.69) is 21.3 Å². The highest BCUT2D eigenvalue weighted by Gasteiger charge is 2.35. The summed E-state index contributed by atoms with van der Waals surface area (Å²) in [7, 11) is 0. The molecule has 0 spiro atoms. The van der Waals surface area contributed by atoms with E-state index in [1.807, 2.05) is 24.4 Å². The first-order chi connectivity index (χ1) is 11.2. The summed E-state index contributed by atoms with van der Waals surface area (Å²) >= 11 is 0. The second kappa shape index (κ2) is 8.41. The minimum atomic E-state index is -0.496. The summed E-state index contributed by atoms with van der Waals surface area (Å²) in [5, 5.41) is 4.29. The maximum atomic E-state index is 12.4. The number of nitrogens with one attached hydrogen (secondary N) is 2. The third kappa shape index (κ3) is 4.47. The summed E-state index contributed by atoms with van der Waals surface area (Å²) in [4.78, 5) is 18.1. The van der Waals surface area contributed by atoms with Crippen LogP contribution in [0, 0.1) is 0 Å². The summed E-state index contributed by atoms with van der Waals surface area (Å²) in [5.41, 5.74) is 8.34. The molecule has 2 atom stereocenters. The SMILES string of the molecule is Cl.Cl.N[C@@H](Cc1c[nH]c2ccccc12)C(=O)NC1CCN(C2CC2)C1. The minimum Gasteiger partial charge on any atom is -0.361 e. The Labute approximate surface area is 160 Å². The lowest BCUT2D eigenvalue weighted by Crippen LogP contribution is -2.47. The van der Waals surface area contributed by atoms with E-state index >= 15 is 0 Å². The molecule has 1 amide bonds. The van der Waals surface area contributed by atoms with Crippen LogP contribution in [0.4, 0.5) is 0 Å². The molecule has 1 saturated heterocycles. The number of amides is 1. The Kier molecular flexibility index (Phi) is 6.74. The van der Waals surface area contributed by atoms with Gasteiger partial charge in [0.2, 0.25) is 5.91 Å². The van der Waals surface area contributed by atoms with E-state index in [-0.39, 0.29) is 36.8 Å². The standard InChI is InChI=1S/C18H24N4O.2ClH/c19-16(9-12-10-20-17-4-2-1-3-15(12)17)18(23)21-13-7-8-22(11-13)14-5-6-14;;/h1-4,10,13-14,16,20H,5-9,11,19H2,(H,21,23);2*1H/t13?,16-;;/m0../s1. The van der Waals surface area contributed by atoms with Crippen LogP contribution in [-0.2, 0) is 11.2 Å². The summed E-state index contributed by atoms with van der Waals surface area (Å²) in [6.45, 7) is 2.09. The first-order valence-electron chi connectivity index (χ1n) is 8.55. The molecule has 138 valence electrons. The number of nitrogens with two attached hydrogens (primary N) is 1. The Morgan fingerprint density at radius 2 is 2.04 bits per heavy atom. The topological polar surface area (TPSA) is 74.1 Å². The monoisotopic (exact) mass is 384 g/mol. The summed E-state index contributed by atoms with van der Waals surface area (Å²) < 4.78 is 0. The van der Waals surface area contributed by atoms with Crippen molar-refractivity contribution in [2.75, 3.05) is 13.1 Å². The van der Waals surface area contributed by atoms with Gasteiger partial charge >= 0.3 is 0 Å². The van der Waals surface area contributed by atoms with Crippen molar-refractivity contribution in [3.63, 3.8) is 0 Å². The second-order valence-corrected chi connectivity index (χ2v) is 6.89. The number of aromatic nitrogens is 1. The van der Waals surface area contributed by atoms with E-state index in [9.17, 15) is 4.79 Å². The smallest absolute Gasteiger partial charge is 0.237 e. The van der Waals surface area contributed by atoms with Crippen LogP contribution in [0.3, 0.4) is 0 Å². The third-order valence-electron chi connectivity index (χ3n) is 5.08. The van der Waals surface area contributed by atoms with Crippen LogP contribution in [0.2, 0.25) is 0 Å². The Hall–Kier alpha value is -1.27. The molecule has 1 unspecified atom stereocenters. The van der Waals surface area contributed by atoms with Crippen molar-refractivity contribution in [1.29, 1.82) is 0 Å². The number of halogens is 2. The van der Waals surface area contributed by atoms with Crippen LogP contribution in [-0.4, -0.2) is 47.0 Å². The van der Waals surface area contributed by atoms with Crippen molar-refractivity contribution < 1.29 is 4.79 Å². The van der Waals surface area contributed by atoms with Gasteiger partial charge in [-0.3, -0.25) is 9.69 Å². The number of carbonyl (C=O) groups excluding carboxylic acids is 1. The molecule has 25 heavy (non-hydrogen) atoms. The van der Waals surface area contributed by atoms with Gasteiger partial charge in [-0.05, 0) is 37.3 Å². The summed E-state index contributed by atoms with van der Waals surface area (Å²) in [6, 6.07) is 8.65. The molecule has 2 heterocycles. The van der Waals surface area contributed by atoms with Gasteiger partial charge in [0.1, 0.15) is 0 Å². The zero-order valence-corrected chi connectivity index (χ0v) is 15.7. The molecule has 1 aliphatic carbocycles. The molecule has 5 nitrogen and oxygen atoms in total. The van der Waals surface area contributed by atoms with E-state index in [0.717, 1.165) is 42.0 Å². The molecule has 2 fully saturated rings. The fourth-order valence-corrected chi connectivity index (χ4v) is 3.61. The lowest BCUT2D eigenvalue weighted by atomic mass is 10.0. The number of likely N-dealkylation sites (tertiary alicyclic amines) is 1. The Balaban J connectivity index is 0.00000113. The largest absolute Gasteiger partial charge is 0.361 e. The van der Waals surface area contributed by atoms with E-state index < -0.39 is 6.04 Å². The maximum absolute atomic E-state index is 12.4. The average Bonchev–Trinajstić information content (AvgIpc) is 3.18. The van der Waals surface area contributed by atoms with E-state index in [1.54, 1.807) is 0 Å². The van der Waals surface area contributed by atoms with Crippen LogP contribution >= 0.6 is 24.8 Å². The molecule has 0 radical (unpaired) electrons. The van der Waals surface area contributed by atoms with E-state index in [0.29, 0.717) is 6.42 Å². The summed E-state index contributed by atoms with van der Waals surface area (Å²) in [5.74, 6) is -0.0297. The molecule has 2 aromatic rings. The molecule has 1 aliphatic heterocycles. The van der Waals surface area contributed by atoms with Crippen molar-refractivity contribution in [2.24, 2.45) is 5.73 Å². The van der Waals surface area contributed by atoms with E-state index in [4.69, 9.17) is 5.73 Å². The van der Waals surface area contributed by atoms with Crippen molar-refractivity contribution >= 4 is 41.6 Å². The number of aromatic amines is 1. The lowest BCUT2D eigenvalue weighted by Gasteiger charge is -2.18. The number of hydrogen-bond acceptors (Lipinski definition) is 3. The van der Waals surface area contributed by atoms with Gasteiger partial charge in [0.15, 0.2) is 0 Å². The highest BCUT2D eigenvalue weighted by molar-refractivity contribution is 5.86.